The molecule has 0 aliphatic heterocycles. The second-order valence-corrected chi connectivity index (χ2v) is 11.2. The van der Waals surface area contributed by atoms with Gasteiger partial charge in [-0.2, -0.15) is 0 Å². The molecule has 2 atom stereocenters. The van der Waals surface area contributed by atoms with E-state index in [2.05, 4.69) is 17.6 Å². The molecule has 2 unspecified atom stereocenters. The lowest BCUT2D eigenvalue weighted by Crippen LogP contribution is -2.54. The van der Waals surface area contributed by atoms with Crippen molar-refractivity contribution in [3.63, 3.8) is 0 Å². The summed E-state index contributed by atoms with van der Waals surface area (Å²) in [4.78, 5) is 42.3. The van der Waals surface area contributed by atoms with Gasteiger partial charge in [-0.15, -0.1) is 0 Å². The zero-order valence-electron chi connectivity index (χ0n) is 24.8. The number of hydrogen-bond acceptors (Lipinski definition) is 6. The van der Waals surface area contributed by atoms with Crippen LogP contribution in [0.1, 0.15) is 78.8 Å². The molecule has 3 N–H and O–H groups in total. The summed E-state index contributed by atoms with van der Waals surface area (Å²) in [6, 6.07) is 11.2. The van der Waals surface area contributed by atoms with E-state index < -0.39 is 29.7 Å². The molecular weight excluding hydrogens is 510 g/mol. The average molecular weight is 556 g/mol. The van der Waals surface area contributed by atoms with E-state index in [1.54, 1.807) is 64.3 Å². The number of rotatable bonds is 13. The molecule has 2 rings (SSSR count). The Balaban J connectivity index is 2.50. The molecule has 0 aromatic heterocycles. The molecule has 40 heavy (non-hydrogen) atoms. The normalized spacial score (nSPS) is 12.8. The number of anilines is 1. The number of nitrogens with zero attached hydrogens (tertiary/aromatic N) is 1. The number of methoxy groups -OCH3 is 1. The van der Waals surface area contributed by atoms with Crippen LogP contribution in [0.25, 0.3) is 0 Å². The maximum absolute atomic E-state index is 14.2. The molecule has 3 amide bonds. The summed E-state index contributed by atoms with van der Waals surface area (Å²) in [7, 11) is 1.56. The summed E-state index contributed by atoms with van der Waals surface area (Å²) in [6.07, 6.45) is 2.88. The van der Waals surface area contributed by atoms with Gasteiger partial charge in [0.05, 0.1) is 7.11 Å². The van der Waals surface area contributed by atoms with Crippen molar-refractivity contribution >= 4 is 23.6 Å². The first kappa shape index (κ1) is 32.5. The maximum atomic E-state index is 14.2. The highest BCUT2D eigenvalue weighted by molar-refractivity contribution is 5.99. The summed E-state index contributed by atoms with van der Waals surface area (Å²) in [6.45, 7) is 11.3. The molecular formula is C31H45N3O6. The van der Waals surface area contributed by atoms with E-state index in [0.717, 1.165) is 19.3 Å². The molecule has 0 aliphatic rings. The Kier molecular flexibility index (Phi) is 12.3. The van der Waals surface area contributed by atoms with E-state index in [9.17, 15) is 19.5 Å². The van der Waals surface area contributed by atoms with Crippen molar-refractivity contribution in [1.82, 2.24) is 10.2 Å². The van der Waals surface area contributed by atoms with Gasteiger partial charge in [-0.05, 0) is 75.1 Å². The van der Waals surface area contributed by atoms with Gasteiger partial charge >= 0.3 is 6.09 Å². The number of phenols is 1. The van der Waals surface area contributed by atoms with Crippen molar-refractivity contribution in [2.45, 2.75) is 84.9 Å². The molecule has 0 bridgehead atoms. The van der Waals surface area contributed by atoms with Crippen LogP contribution in [0.2, 0.25) is 0 Å². The molecule has 0 spiro atoms. The zero-order chi connectivity index (χ0) is 29.9. The SMILES string of the molecule is CCCCCCN(C(=O)C(NC(=O)OC(C)(C)C)C(C)C)C(C(=O)Nc1ccc(OC)cc1)c1ccc(O)cc1. The highest BCUT2D eigenvalue weighted by Gasteiger charge is 2.37. The summed E-state index contributed by atoms with van der Waals surface area (Å²) < 4.78 is 10.6. The van der Waals surface area contributed by atoms with Crippen molar-refractivity contribution in [3.8, 4) is 11.5 Å². The third-order valence-electron chi connectivity index (χ3n) is 6.27. The van der Waals surface area contributed by atoms with Crippen molar-refractivity contribution in [1.29, 1.82) is 0 Å². The van der Waals surface area contributed by atoms with Gasteiger partial charge in [0, 0.05) is 12.2 Å². The lowest BCUT2D eigenvalue weighted by molar-refractivity contribution is -0.141. The molecule has 0 heterocycles. The number of phenolic OH excluding ortho intramolecular Hbond substituents is 1. The lowest BCUT2D eigenvalue weighted by Gasteiger charge is -2.35. The molecule has 0 saturated heterocycles. The van der Waals surface area contributed by atoms with Gasteiger partial charge in [0.2, 0.25) is 5.91 Å². The first-order chi connectivity index (χ1) is 18.9. The number of hydrogen-bond donors (Lipinski definition) is 3. The Morgan fingerprint density at radius 1 is 0.950 bits per heavy atom. The van der Waals surface area contributed by atoms with Crippen LogP contribution >= 0.6 is 0 Å². The predicted octanol–water partition coefficient (Wildman–Crippen LogP) is 6.04. The highest BCUT2D eigenvalue weighted by atomic mass is 16.6. The van der Waals surface area contributed by atoms with Crippen LogP contribution in [-0.2, 0) is 14.3 Å². The summed E-state index contributed by atoms with van der Waals surface area (Å²) in [5.74, 6) is -0.387. The van der Waals surface area contributed by atoms with Gasteiger partial charge in [0.25, 0.3) is 5.91 Å². The fraction of sp³-hybridized carbons (Fsp3) is 0.516. The van der Waals surface area contributed by atoms with E-state index in [-0.39, 0.29) is 17.6 Å². The van der Waals surface area contributed by atoms with Crippen LogP contribution in [0.15, 0.2) is 48.5 Å². The Labute approximate surface area is 238 Å². The van der Waals surface area contributed by atoms with E-state index in [4.69, 9.17) is 9.47 Å². The standard InChI is InChI=1S/C31H45N3O6/c1-8-9-10-11-20-34(29(37)26(21(2)3)33-30(38)40-31(4,5)6)27(22-12-16-24(35)17-13-22)28(36)32-23-14-18-25(39-7)19-15-23/h12-19,21,26-27,35H,8-11,20H2,1-7H3,(H,32,36)(H,33,38). The second kappa shape index (κ2) is 15.1. The largest absolute Gasteiger partial charge is 0.508 e. The number of carbonyl (C=O) groups excluding carboxylic acids is 3. The number of alkyl carbamates (subject to hydrolysis) is 1. The first-order valence-electron chi connectivity index (χ1n) is 13.9. The first-order valence-corrected chi connectivity index (χ1v) is 13.9. The average Bonchev–Trinajstić information content (AvgIpc) is 2.88. The number of carbonyl (C=O) groups is 3. The fourth-order valence-corrected chi connectivity index (χ4v) is 4.22. The monoisotopic (exact) mass is 555 g/mol. The number of aromatic hydroxyl groups is 1. The van der Waals surface area contributed by atoms with Gasteiger partial charge < -0.3 is 30.1 Å². The molecule has 9 heteroatoms. The van der Waals surface area contributed by atoms with E-state index in [0.29, 0.717) is 30.0 Å². The highest BCUT2D eigenvalue weighted by Crippen LogP contribution is 2.28. The molecule has 0 saturated carbocycles. The Hall–Kier alpha value is -3.75. The maximum Gasteiger partial charge on any atom is 0.408 e. The molecule has 0 aliphatic carbocycles. The lowest BCUT2D eigenvalue weighted by atomic mass is 9.98. The number of amides is 3. The van der Waals surface area contributed by atoms with E-state index in [1.165, 1.54) is 17.0 Å². The summed E-state index contributed by atoms with van der Waals surface area (Å²) in [5, 5.41) is 15.6. The summed E-state index contributed by atoms with van der Waals surface area (Å²) >= 11 is 0. The third-order valence-corrected chi connectivity index (χ3v) is 6.27. The van der Waals surface area contributed by atoms with Crippen LogP contribution < -0.4 is 15.4 Å². The number of nitrogens with one attached hydrogen (secondary N) is 2. The molecule has 220 valence electrons. The van der Waals surface area contributed by atoms with Crippen LogP contribution in [0.4, 0.5) is 10.5 Å². The molecule has 9 nitrogen and oxygen atoms in total. The smallest absolute Gasteiger partial charge is 0.408 e. The third kappa shape index (κ3) is 10.1. The van der Waals surface area contributed by atoms with Crippen LogP contribution in [0, 0.1) is 5.92 Å². The molecule has 2 aromatic rings. The topological polar surface area (TPSA) is 117 Å². The molecule has 0 fully saturated rings. The van der Waals surface area contributed by atoms with Gasteiger partial charge in [-0.1, -0.05) is 52.2 Å². The number of ether oxygens (including phenoxy) is 2. The van der Waals surface area contributed by atoms with Gasteiger partial charge in [-0.25, -0.2) is 4.79 Å². The van der Waals surface area contributed by atoms with Crippen molar-refractivity contribution in [2.75, 3.05) is 19.0 Å². The van der Waals surface area contributed by atoms with E-state index in [1.807, 2.05) is 13.8 Å². The van der Waals surface area contributed by atoms with Crippen molar-refractivity contribution in [2.24, 2.45) is 5.92 Å². The Bertz CT molecular complexity index is 1090. The van der Waals surface area contributed by atoms with Gasteiger partial charge in [0.1, 0.15) is 29.2 Å². The van der Waals surface area contributed by atoms with Crippen LogP contribution in [-0.4, -0.2) is 53.2 Å². The van der Waals surface area contributed by atoms with Crippen LogP contribution in [0.3, 0.4) is 0 Å². The van der Waals surface area contributed by atoms with Crippen molar-refractivity contribution < 1.29 is 29.0 Å². The van der Waals surface area contributed by atoms with E-state index >= 15 is 0 Å². The molecule has 0 radical (unpaired) electrons. The Morgan fingerprint density at radius 3 is 2.10 bits per heavy atom. The predicted molar refractivity (Wildman–Crippen MR) is 156 cm³/mol. The minimum atomic E-state index is -1.02. The molecule has 2 aromatic carbocycles. The van der Waals surface area contributed by atoms with Crippen molar-refractivity contribution in [3.05, 3.63) is 54.1 Å². The van der Waals surface area contributed by atoms with Crippen LogP contribution in [0.5, 0.6) is 11.5 Å². The fourth-order valence-electron chi connectivity index (χ4n) is 4.22. The van der Waals surface area contributed by atoms with Gasteiger partial charge in [-0.3, -0.25) is 9.59 Å². The second-order valence-electron chi connectivity index (χ2n) is 11.2. The quantitative estimate of drug-likeness (QED) is 0.260. The zero-order valence-corrected chi connectivity index (χ0v) is 24.8. The number of benzene rings is 2. The number of unbranched alkanes of at least 4 members (excludes halogenated alkanes) is 3. The minimum Gasteiger partial charge on any atom is -0.508 e. The summed E-state index contributed by atoms with van der Waals surface area (Å²) in [5.41, 5.74) is 0.342. The Morgan fingerprint density at radius 2 is 1.57 bits per heavy atom. The van der Waals surface area contributed by atoms with Gasteiger partial charge in [0.15, 0.2) is 0 Å². The minimum absolute atomic E-state index is 0.0468.